The second kappa shape index (κ2) is 6.88. The summed E-state index contributed by atoms with van der Waals surface area (Å²) < 4.78 is 0. The van der Waals surface area contributed by atoms with Gasteiger partial charge in [-0.15, -0.1) is 10.2 Å². The van der Waals surface area contributed by atoms with E-state index in [9.17, 15) is 4.79 Å². The van der Waals surface area contributed by atoms with E-state index >= 15 is 0 Å². The molecule has 1 atom stereocenters. The summed E-state index contributed by atoms with van der Waals surface area (Å²) in [6.07, 6.45) is 1.69. The van der Waals surface area contributed by atoms with E-state index in [0.717, 1.165) is 11.2 Å². The molecule has 1 aliphatic rings. The smallest absolute Gasteiger partial charge is 0.253 e. The van der Waals surface area contributed by atoms with Gasteiger partial charge in [0.05, 0.1) is 0 Å². The molecule has 0 aliphatic carbocycles. The fourth-order valence-electron chi connectivity index (χ4n) is 3.37. The van der Waals surface area contributed by atoms with Crippen molar-refractivity contribution in [1.29, 1.82) is 0 Å². The van der Waals surface area contributed by atoms with Crippen LogP contribution in [0.3, 0.4) is 0 Å². The number of aromatic nitrogens is 3. The van der Waals surface area contributed by atoms with Crippen LogP contribution in [0.1, 0.15) is 17.3 Å². The van der Waals surface area contributed by atoms with E-state index in [4.69, 9.17) is 11.6 Å². The third-order valence-electron chi connectivity index (χ3n) is 4.68. The highest BCUT2D eigenvalue weighted by molar-refractivity contribution is 6.34. The van der Waals surface area contributed by atoms with E-state index in [0.29, 0.717) is 35.9 Å². The normalized spacial score (nSPS) is 17.5. The van der Waals surface area contributed by atoms with Crippen LogP contribution in [-0.4, -0.2) is 51.7 Å². The Balaban J connectivity index is 1.59. The molecule has 1 unspecified atom stereocenters. The molecule has 2 aromatic heterocycles. The lowest BCUT2D eigenvalue weighted by atomic mass is 10.1. The van der Waals surface area contributed by atoms with Crippen LogP contribution in [0.5, 0.6) is 0 Å². The summed E-state index contributed by atoms with van der Waals surface area (Å²) in [6.45, 7) is 4.02. The number of nitrogens with zero attached hydrogens (tertiary/aromatic N) is 5. The lowest BCUT2D eigenvalue weighted by Crippen LogP contribution is -2.54. The first-order chi connectivity index (χ1) is 12.6. The molecule has 0 saturated carbocycles. The van der Waals surface area contributed by atoms with Gasteiger partial charge in [-0.05, 0) is 31.2 Å². The van der Waals surface area contributed by atoms with Crippen LogP contribution in [-0.2, 0) is 0 Å². The number of carbonyl (C=O) groups excluding carboxylic acids is 1. The Hall–Kier alpha value is -2.73. The zero-order valence-corrected chi connectivity index (χ0v) is 15.1. The molecule has 7 heteroatoms. The van der Waals surface area contributed by atoms with Gasteiger partial charge >= 0.3 is 0 Å². The molecule has 0 bridgehead atoms. The molecule has 26 heavy (non-hydrogen) atoms. The summed E-state index contributed by atoms with van der Waals surface area (Å²) in [5.74, 6) is 0.822. The van der Waals surface area contributed by atoms with E-state index < -0.39 is 0 Å². The van der Waals surface area contributed by atoms with E-state index in [2.05, 4.69) is 27.0 Å². The summed E-state index contributed by atoms with van der Waals surface area (Å²) in [6, 6.07) is 13.3. The molecule has 1 fully saturated rings. The predicted molar refractivity (Wildman–Crippen MR) is 101 cm³/mol. The zero-order chi connectivity index (χ0) is 18.1. The Morgan fingerprint density at radius 2 is 1.92 bits per heavy atom. The van der Waals surface area contributed by atoms with Gasteiger partial charge in [0.1, 0.15) is 5.52 Å². The third-order valence-corrected chi connectivity index (χ3v) is 4.94. The van der Waals surface area contributed by atoms with Crippen molar-refractivity contribution in [3.8, 4) is 0 Å². The van der Waals surface area contributed by atoms with Crippen molar-refractivity contribution in [2.24, 2.45) is 0 Å². The van der Waals surface area contributed by atoms with Crippen molar-refractivity contribution in [2.45, 2.75) is 13.0 Å². The Morgan fingerprint density at radius 1 is 1.12 bits per heavy atom. The first kappa shape index (κ1) is 16.7. The summed E-state index contributed by atoms with van der Waals surface area (Å²) in [4.78, 5) is 21.1. The lowest BCUT2D eigenvalue weighted by Gasteiger charge is -2.40. The average molecular weight is 368 g/mol. The summed E-state index contributed by atoms with van der Waals surface area (Å²) in [7, 11) is 0. The fourth-order valence-corrected chi connectivity index (χ4v) is 3.56. The van der Waals surface area contributed by atoms with Crippen LogP contribution in [0, 0.1) is 0 Å². The molecule has 0 spiro atoms. The molecule has 132 valence electrons. The van der Waals surface area contributed by atoms with Gasteiger partial charge in [-0.25, -0.2) is 0 Å². The zero-order valence-electron chi connectivity index (χ0n) is 14.3. The lowest BCUT2D eigenvalue weighted by molar-refractivity contribution is 0.0726. The largest absolute Gasteiger partial charge is 0.348 e. The third kappa shape index (κ3) is 2.97. The number of hydrogen-bond donors (Lipinski definition) is 0. The number of piperazine rings is 1. The van der Waals surface area contributed by atoms with Crippen molar-refractivity contribution < 1.29 is 4.79 Å². The molecular formula is C19H18ClN5O. The number of fused-ring (bicyclic) bond motifs is 1. The molecule has 3 heterocycles. The van der Waals surface area contributed by atoms with Gasteiger partial charge in [0.15, 0.2) is 11.0 Å². The molecule has 1 saturated heterocycles. The molecule has 1 amide bonds. The highest BCUT2D eigenvalue weighted by Gasteiger charge is 2.29. The Labute approximate surface area is 156 Å². The number of rotatable bonds is 2. The minimum Gasteiger partial charge on any atom is -0.348 e. The molecule has 0 N–H and O–H groups in total. The first-order valence-corrected chi connectivity index (χ1v) is 8.91. The number of anilines is 1. The van der Waals surface area contributed by atoms with Crippen molar-refractivity contribution in [3.63, 3.8) is 0 Å². The summed E-state index contributed by atoms with van der Waals surface area (Å²) in [5.41, 5.74) is 1.36. The van der Waals surface area contributed by atoms with Crippen LogP contribution in [0.25, 0.3) is 10.9 Å². The maximum atomic E-state index is 12.7. The minimum atomic E-state index is 0.0609. The van der Waals surface area contributed by atoms with Gasteiger partial charge in [0.2, 0.25) is 0 Å². The van der Waals surface area contributed by atoms with E-state index in [1.54, 1.807) is 6.20 Å². The molecule has 4 rings (SSSR count). The van der Waals surface area contributed by atoms with Crippen LogP contribution in [0.15, 0.2) is 48.7 Å². The van der Waals surface area contributed by atoms with Crippen molar-refractivity contribution in [3.05, 3.63) is 59.4 Å². The quantitative estimate of drug-likeness (QED) is 0.696. The second-order valence-corrected chi connectivity index (χ2v) is 6.73. The number of carbonyl (C=O) groups is 1. The SMILES string of the molecule is CC1CN(C(=O)c2ccccc2)CCN1c1nnc(Cl)c2ncccc12. The van der Waals surface area contributed by atoms with Crippen LogP contribution in [0.4, 0.5) is 5.82 Å². The average Bonchev–Trinajstić information content (AvgIpc) is 2.69. The number of benzene rings is 1. The van der Waals surface area contributed by atoms with Crippen molar-refractivity contribution >= 4 is 34.2 Å². The monoisotopic (exact) mass is 367 g/mol. The molecule has 0 radical (unpaired) electrons. The Bertz CT molecular complexity index is 949. The maximum absolute atomic E-state index is 12.7. The van der Waals surface area contributed by atoms with Crippen LogP contribution < -0.4 is 4.90 Å². The molecule has 1 aliphatic heterocycles. The fraction of sp³-hybridized carbons (Fsp3) is 0.263. The van der Waals surface area contributed by atoms with Gasteiger partial charge in [-0.3, -0.25) is 9.78 Å². The molecule has 1 aromatic carbocycles. The van der Waals surface area contributed by atoms with E-state index in [1.807, 2.05) is 47.4 Å². The van der Waals surface area contributed by atoms with E-state index in [1.165, 1.54) is 0 Å². The Kier molecular flexibility index (Phi) is 4.42. The number of hydrogen-bond acceptors (Lipinski definition) is 5. The summed E-state index contributed by atoms with van der Waals surface area (Å²) in [5, 5.41) is 9.54. The van der Waals surface area contributed by atoms with Gasteiger partial charge in [0.25, 0.3) is 5.91 Å². The highest BCUT2D eigenvalue weighted by atomic mass is 35.5. The predicted octanol–water partition coefficient (Wildman–Crippen LogP) is 3.03. The first-order valence-electron chi connectivity index (χ1n) is 8.53. The maximum Gasteiger partial charge on any atom is 0.253 e. The number of pyridine rings is 1. The molecule has 3 aromatic rings. The van der Waals surface area contributed by atoms with Crippen molar-refractivity contribution in [2.75, 3.05) is 24.5 Å². The van der Waals surface area contributed by atoms with Crippen LogP contribution in [0.2, 0.25) is 5.15 Å². The standard InChI is InChI=1S/C19H18ClN5O/c1-13-12-24(19(26)14-6-3-2-4-7-14)10-11-25(13)18-15-8-5-9-21-16(15)17(20)22-23-18/h2-9,13H,10-12H2,1H3. The minimum absolute atomic E-state index is 0.0609. The van der Waals surface area contributed by atoms with Gasteiger partial charge in [-0.2, -0.15) is 0 Å². The van der Waals surface area contributed by atoms with Crippen LogP contribution >= 0.6 is 11.6 Å². The van der Waals surface area contributed by atoms with Gasteiger partial charge in [0, 0.05) is 42.8 Å². The molecular weight excluding hydrogens is 350 g/mol. The molecule has 6 nitrogen and oxygen atoms in total. The summed E-state index contributed by atoms with van der Waals surface area (Å²) >= 11 is 6.13. The van der Waals surface area contributed by atoms with Gasteiger partial charge < -0.3 is 9.80 Å². The Morgan fingerprint density at radius 3 is 2.69 bits per heavy atom. The van der Waals surface area contributed by atoms with Gasteiger partial charge in [-0.1, -0.05) is 29.8 Å². The van der Waals surface area contributed by atoms with E-state index in [-0.39, 0.29) is 11.9 Å². The number of amides is 1. The second-order valence-electron chi connectivity index (χ2n) is 6.37. The number of halogens is 1. The highest BCUT2D eigenvalue weighted by Crippen LogP contribution is 2.29. The topological polar surface area (TPSA) is 62.2 Å². The van der Waals surface area contributed by atoms with Crippen molar-refractivity contribution in [1.82, 2.24) is 20.1 Å².